The number of hydrogen-bond acceptors (Lipinski definition) is 0. The topological polar surface area (TPSA) is 0 Å². The molecular formula is Cl5Re. The van der Waals surface area contributed by atoms with Crippen LogP contribution in [0, 0.1) is 0 Å². The van der Waals surface area contributed by atoms with Crippen molar-refractivity contribution in [2.75, 3.05) is 0 Å². The Morgan fingerprint density at radius 1 is 0.667 bits per heavy atom. The summed E-state index contributed by atoms with van der Waals surface area (Å²) in [6.45, 7) is 0. The molecule has 0 N–H and O–H groups in total. The van der Waals surface area contributed by atoms with Gasteiger partial charge >= 0.3 is 56.9 Å². The van der Waals surface area contributed by atoms with E-state index in [4.69, 9.17) is 47.6 Å². The summed E-state index contributed by atoms with van der Waals surface area (Å²) in [4.78, 5) is 0. The fraction of sp³-hybridized carbons (Fsp3) is 0. The fourth-order valence-electron chi connectivity index (χ4n) is 0. The van der Waals surface area contributed by atoms with Crippen LogP contribution in [-0.2, 0) is 9.21 Å². The van der Waals surface area contributed by atoms with Gasteiger partial charge in [-0.05, 0) is 0 Å². The summed E-state index contributed by atoms with van der Waals surface area (Å²) in [5.74, 6) is 0. The van der Waals surface area contributed by atoms with Gasteiger partial charge in [-0.15, -0.1) is 0 Å². The molecule has 0 rings (SSSR count). The molecule has 6 heavy (non-hydrogen) atoms. The molecule has 0 atom stereocenters. The molecule has 6 heteroatoms. The van der Waals surface area contributed by atoms with Gasteiger partial charge < -0.3 is 0 Å². The van der Waals surface area contributed by atoms with E-state index in [1.807, 2.05) is 0 Å². The van der Waals surface area contributed by atoms with Crippen molar-refractivity contribution < 1.29 is 9.21 Å². The zero-order valence-corrected chi connectivity index (χ0v) is 8.76. The van der Waals surface area contributed by atoms with E-state index in [9.17, 15) is 0 Å². The molecule has 0 spiro atoms. The maximum absolute atomic E-state index is 5.05. The zero-order chi connectivity index (χ0) is 5.45. The Morgan fingerprint density at radius 3 is 0.667 bits per heavy atom. The number of rotatable bonds is 0. The van der Waals surface area contributed by atoms with Crippen LogP contribution < -0.4 is 0 Å². The first kappa shape index (κ1) is 8.11. The quantitative estimate of drug-likeness (QED) is 0.618. The van der Waals surface area contributed by atoms with Gasteiger partial charge in [-0.3, -0.25) is 0 Å². The summed E-state index contributed by atoms with van der Waals surface area (Å²) in [5.41, 5.74) is 0. The van der Waals surface area contributed by atoms with Crippen LogP contribution in [-0.4, -0.2) is 0 Å². The van der Waals surface area contributed by atoms with E-state index in [1.54, 1.807) is 0 Å². The van der Waals surface area contributed by atoms with Gasteiger partial charge in [0, 0.05) is 0 Å². The molecule has 42 valence electrons. The van der Waals surface area contributed by atoms with Crippen molar-refractivity contribution in [1.29, 1.82) is 0 Å². The summed E-state index contributed by atoms with van der Waals surface area (Å²) in [6.07, 6.45) is 0. The second-order valence-electron chi connectivity index (χ2n) is 0.540. The van der Waals surface area contributed by atoms with Gasteiger partial charge in [0.05, 0.1) is 0 Å². The molecule has 0 aliphatic heterocycles. The van der Waals surface area contributed by atoms with Crippen molar-refractivity contribution in [3.05, 3.63) is 0 Å². The van der Waals surface area contributed by atoms with Crippen LogP contribution in [0.4, 0.5) is 0 Å². The summed E-state index contributed by atoms with van der Waals surface area (Å²) in [6, 6.07) is 0. The average Bonchev–Trinajstić information content (AvgIpc) is 0.650. The van der Waals surface area contributed by atoms with E-state index < -0.39 is 9.21 Å². The summed E-state index contributed by atoms with van der Waals surface area (Å²) in [5, 5.41) is 0. The third-order valence-electron chi connectivity index (χ3n) is 0. The zero-order valence-electron chi connectivity index (χ0n) is 2.27. The first-order valence-corrected chi connectivity index (χ1v) is 17.5. The molecule has 0 heterocycles. The minimum absolute atomic E-state index is 4.34. The SMILES string of the molecule is [Cl][Re]([Cl])([Cl])([Cl])[Cl]. The van der Waals surface area contributed by atoms with Crippen molar-refractivity contribution in [1.82, 2.24) is 0 Å². The molecule has 0 amide bonds. The maximum atomic E-state index is 5.05. The molecule has 0 aliphatic carbocycles. The molecule has 0 nitrogen and oxygen atoms in total. The number of hydrogen-bond donors (Lipinski definition) is 0. The second-order valence-corrected chi connectivity index (χ2v) is 39.8. The van der Waals surface area contributed by atoms with Crippen molar-refractivity contribution >= 4 is 47.6 Å². The van der Waals surface area contributed by atoms with Gasteiger partial charge in [-0.1, -0.05) is 0 Å². The van der Waals surface area contributed by atoms with E-state index in [0.29, 0.717) is 0 Å². The van der Waals surface area contributed by atoms with Crippen LogP contribution in [0.15, 0.2) is 0 Å². The predicted molar refractivity (Wildman–Crippen MR) is 29.3 cm³/mol. The first-order chi connectivity index (χ1) is 2.24. The monoisotopic (exact) mass is 362 g/mol. The fourth-order valence-corrected chi connectivity index (χ4v) is 0. The molecule has 0 radical (unpaired) electrons. The van der Waals surface area contributed by atoms with Crippen LogP contribution in [0.5, 0.6) is 0 Å². The molecule has 0 saturated heterocycles. The van der Waals surface area contributed by atoms with Crippen LogP contribution in [0.1, 0.15) is 0 Å². The van der Waals surface area contributed by atoms with Crippen LogP contribution >= 0.6 is 47.6 Å². The van der Waals surface area contributed by atoms with E-state index >= 15 is 0 Å². The number of halogens is 5. The average molecular weight is 363 g/mol. The van der Waals surface area contributed by atoms with Gasteiger partial charge in [-0.2, -0.15) is 0 Å². The van der Waals surface area contributed by atoms with Crippen molar-refractivity contribution in [3.63, 3.8) is 0 Å². The van der Waals surface area contributed by atoms with Gasteiger partial charge in [0.2, 0.25) is 0 Å². The van der Waals surface area contributed by atoms with Crippen LogP contribution in [0.3, 0.4) is 0 Å². The van der Waals surface area contributed by atoms with E-state index in [1.165, 1.54) is 0 Å². The molecule has 0 aromatic heterocycles. The molecule has 0 aromatic carbocycles. The van der Waals surface area contributed by atoms with Gasteiger partial charge in [0.1, 0.15) is 0 Å². The van der Waals surface area contributed by atoms with Gasteiger partial charge in [-0.25, -0.2) is 0 Å². The standard InChI is InChI=1S/5ClH.Re/h5*1H;/q;;;;;+5/p-5. The van der Waals surface area contributed by atoms with E-state index in [2.05, 4.69) is 0 Å². The van der Waals surface area contributed by atoms with Crippen LogP contribution in [0.25, 0.3) is 0 Å². The Balaban J connectivity index is 3.73. The molecule has 0 bridgehead atoms. The predicted octanol–water partition coefficient (Wildman–Crippen LogP) is 3.44. The van der Waals surface area contributed by atoms with Crippen molar-refractivity contribution in [2.24, 2.45) is 0 Å². The molecule has 0 unspecified atom stereocenters. The molecule has 0 saturated carbocycles. The second kappa shape index (κ2) is 1.81. The van der Waals surface area contributed by atoms with Gasteiger partial charge in [0.15, 0.2) is 0 Å². The Labute approximate surface area is 56.3 Å². The molecule has 0 fully saturated rings. The Hall–Kier alpha value is 2.11. The van der Waals surface area contributed by atoms with Gasteiger partial charge in [0.25, 0.3) is 0 Å². The normalized spacial score (nSPS) is 19.2. The first-order valence-electron chi connectivity index (χ1n) is 0.714. The Bertz CT molecular complexity index is 37.1. The molecule has 0 aromatic rings. The van der Waals surface area contributed by atoms with Crippen molar-refractivity contribution in [3.8, 4) is 0 Å². The summed E-state index contributed by atoms with van der Waals surface area (Å²) >= 11 is 0. The van der Waals surface area contributed by atoms with E-state index in [0.717, 1.165) is 0 Å². The Kier molecular flexibility index (Phi) is 2.45. The van der Waals surface area contributed by atoms with E-state index in [-0.39, 0.29) is 0 Å². The molecular weight excluding hydrogens is 363 g/mol. The molecule has 0 aliphatic rings. The Morgan fingerprint density at radius 2 is 0.667 bits per heavy atom. The van der Waals surface area contributed by atoms with Crippen molar-refractivity contribution in [2.45, 2.75) is 0 Å². The summed E-state index contributed by atoms with van der Waals surface area (Å²) < 4.78 is 0. The summed E-state index contributed by atoms with van der Waals surface area (Å²) in [7, 11) is 20.9. The minimum atomic E-state index is -4.34. The van der Waals surface area contributed by atoms with Crippen LogP contribution in [0.2, 0.25) is 0 Å². The third kappa shape index (κ3) is 35.8. The third-order valence-corrected chi connectivity index (χ3v) is 0.